The zero-order valence-corrected chi connectivity index (χ0v) is 20.9. The lowest BCUT2D eigenvalue weighted by Gasteiger charge is -2.31. The zero-order valence-electron chi connectivity index (χ0n) is 20.1. The molecule has 35 heavy (non-hydrogen) atoms. The van der Waals surface area contributed by atoms with Gasteiger partial charge in [0.25, 0.3) is 0 Å². The highest BCUT2D eigenvalue weighted by atomic mass is 32.2. The quantitative estimate of drug-likeness (QED) is 0.446. The average Bonchev–Trinajstić information content (AvgIpc) is 3.24. The van der Waals surface area contributed by atoms with E-state index in [1.165, 1.54) is 11.8 Å². The van der Waals surface area contributed by atoms with E-state index < -0.39 is 5.97 Å². The van der Waals surface area contributed by atoms with Crippen LogP contribution in [0.4, 0.5) is 0 Å². The van der Waals surface area contributed by atoms with Gasteiger partial charge in [0.1, 0.15) is 17.2 Å². The van der Waals surface area contributed by atoms with Crippen LogP contribution in [0.2, 0.25) is 0 Å². The summed E-state index contributed by atoms with van der Waals surface area (Å²) in [5.74, 6) is 0.853. The van der Waals surface area contributed by atoms with Crippen LogP contribution in [-0.2, 0) is 9.53 Å². The molecule has 0 fully saturated rings. The van der Waals surface area contributed by atoms with Crippen molar-refractivity contribution in [3.05, 3.63) is 98.7 Å². The average molecular weight is 487 g/mol. The van der Waals surface area contributed by atoms with Crippen molar-refractivity contribution in [2.75, 3.05) is 20.8 Å². The van der Waals surface area contributed by atoms with Crippen LogP contribution < -0.4 is 9.47 Å². The van der Waals surface area contributed by atoms with Crippen molar-refractivity contribution < 1.29 is 19.0 Å². The van der Waals surface area contributed by atoms with Crippen LogP contribution in [0.25, 0.3) is 6.08 Å². The van der Waals surface area contributed by atoms with Gasteiger partial charge in [-0.25, -0.2) is 4.79 Å². The molecule has 178 valence electrons. The number of hydrogen-bond acceptors (Lipinski definition) is 7. The molecule has 0 aliphatic carbocycles. The summed E-state index contributed by atoms with van der Waals surface area (Å²) in [5.41, 5.74) is 3.77. The third-order valence-corrected chi connectivity index (χ3v) is 6.87. The third-order valence-electron chi connectivity index (χ3n) is 5.77. The van der Waals surface area contributed by atoms with Gasteiger partial charge in [0.05, 0.1) is 37.5 Å². The smallest absolute Gasteiger partial charge is 0.356 e. The van der Waals surface area contributed by atoms with E-state index in [0.29, 0.717) is 11.3 Å². The van der Waals surface area contributed by atoms with Crippen molar-refractivity contribution in [1.82, 2.24) is 4.90 Å². The molecule has 7 heteroatoms. The fourth-order valence-electron chi connectivity index (χ4n) is 4.03. The molecule has 4 rings (SSSR count). The molecule has 0 saturated carbocycles. The number of fused-ring (bicyclic) bond motifs is 1. The Morgan fingerprint density at radius 1 is 1.06 bits per heavy atom. The molecule has 6 nitrogen and oxygen atoms in total. The Kier molecular flexibility index (Phi) is 7.33. The number of thioether (sulfide) groups is 1. The Balaban J connectivity index is 1.81. The second kappa shape index (κ2) is 10.6. The number of rotatable bonds is 7. The number of methoxy groups -OCH3 is 2. The van der Waals surface area contributed by atoms with Crippen molar-refractivity contribution >= 4 is 23.8 Å². The normalized spacial score (nSPS) is 17.3. The first-order valence-corrected chi connectivity index (χ1v) is 12.0. The predicted molar refractivity (Wildman–Crippen MR) is 137 cm³/mol. The Morgan fingerprint density at radius 3 is 2.26 bits per heavy atom. The highest BCUT2D eigenvalue weighted by Crippen LogP contribution is 2.51. The second-order valence-electron chi connectivity index (χ2n) is 7.84. The lowest BCUT2D eigenvalue weighted by Crippen LogP contribution is -2.28. The molecule has 0 radical (unpaired) electrons. The molecule has 1 atom stereocenters. The van der Waals surface area contributed by atoms with Gasteiger partial charge in [-0.2, -0.15) is 5.26 Å². The topological polar surface area (TPSA) is 71.8 Å². The van der Waals surface area contributed by atoms with Gasteiger partial charge in [0, 0.05) is 16.5 Å². The summed E-state index contributed by atoms with van der Waals surface area (Å²) in [6.45, 7) is 3.93. The summed E-state index contributed by atoms with van der Waals surface area (Å²) >= 11 is 1.43. The fourth-order valence-corrected chi connectivity index (χ4v) is 5.17. The summed E-state index contributed by atoms with van der Waals surface area (Å²) in [5, 5.41) is 10.9. The molecular formula is C28H26N2O4S. The summed E-state index contributed by atoms with van der Waals surface area (Å²) in [6, 6.07) is 17.8. The molecule has 0 amide bonds. The van der Waals surface area contributed by atoms with E-state index in [2.05, 4.69) is 6.07 Å². The molecule has 2 aliphatic heterocycles. The molecule has 0 spiro atoms. The lowest BCUT2D eigenvalue weighted by atomic mass is 9.88. The van der Waals surface area contributed by atoms with Crippen LogP contribution in [-0.4, -0.2) is 31.7 Å². The number of carbonyl (C=O) groups excluding carboxylic acids is 1. The van der Waals surface area contributed by atoms with E-state index in [1.807, 2.05) is 78.6 Å². The standard InChI is InChI=1S/C28H26N2O4S/c1-5-34-28(31)26-18(2)35-27-25(17-29)24(20-9-14-23(33-4)15-10-20)16-21(30(26)27)11-6-19-7-12-22(32-3)13-8-19/h6-16,24H,5H2,1-4H3/b11-6+. The SMILES string of the molecule is CCOC(=O)C1=C(C)SC2=C(C#N)C(c3ccc(OC)cc3)C=C(/C=C/c3ccc(OC)cc3)N21. The second-order valence-corrected chi connectivity index (χ2v) is 9.05. The summed E-state index contributed by atoms with van der Waals surface area (Å²) in [4.78, 5) is 15.5. The Morgan fingerprint density at radius 2 is 1.69 bits per heavy atom. The van der Waals surface area contributed by atoms with Gasteiger partial charge in [-0.05, 0) is 61.4 Å². The first-order chi connectivity index (χ1) is 17.0. The van der Waals surface area contributed by atoms with Gasteiger partial charge in [-0.15, -0.1) is 0 Å². The number of carbonyl (C=O) groups is 1. The maximum absolute atomic E-state index is 12.9. The molecule has 0 bridgehead atoms. The lowest BCUT2D eigenvalue weighted by molar-refractivity contribution is -0.139. The monoisotopic (exact) mass is 486 g/mol. The zero-order chi connectivity index (χ0) is 24.9. The molecule has 2 aliphatic rings. The first-order valence-electron chi connectivity index (χ1n) is 11.2. The fraction of sp³-hybridized carbons (Fsp3) is 0.214. The Bertz CT molecular complexity index is 1280. The minimum absolute atomic E-state index is 0.269. The molecule has 1 unspecified atom stereocenters. The maximum atomic E-state index is 12.9. The molecule has 0 N–H and O–H groups in total. The molecule has 0 saturated heterocycles. The number of nitriles is 1. The van der Waals surface area contributed by atoms with Gasteiger partial charge >= 0.3 is 5.97 Å². The number of benzene rings is 2. The van der Waals surface area contributed by atoms with Gasteiger partial charge in [0.15, 0.2) is 0 Å². The summed E-state index contributed by atoms with van der Waals surface area (Å²) in [7, 11) is 3.26. The number of nitrogens with zero attached hydrogens (tertiary/aromatic N) is 2. The minimum Gasteiger partial charge on any atom is -0.497 e. The van der Waals surface area contributed by atoms with Crippen molar-refractivity contribution in [2.24, 2.45) is 0 Å². The van der Waals surface area contributed by atoms with Crippen LogP contribution in [0.5, 0.6) is 11.5 Å². The van der Waals surface area contributed by atoms with Crippen LogP contribution in [0, 0.1) is 11.3 Å². The minimum atomic E-state index is -0.406. The summed E-state index contributed by atoms with van der Waals surface area (Å²) in [6.07, 6.45) is 5.96. The van der Waals surface area contributed by atoms with Crippen LogP contribution in [0.15, 0.2) is 87.6 Å². The van der Waals surface area contributed by atoms with Gasteiger partial charge in [-0.3, -0.25) is 4.90 Å². The van der Waals surface area contributed by atoms with Crippen LogP contribution >= 0.6 is 11.8 Å². The third kappa shape index (κ3) is 4.84. The predicted octanol–water partition coefficient (Wildman–Crippen LogP) is 5.98. The number of esters is 1. The van der Waals surface area contributed by atoms with E-state index in [-0.39, 0.29) is 12.5 Å². The van der Waals surface area contributed by atoms with Crippen molar-refractivity contribution in [3.8, 4) is 17.6 Å². The number of allylic oxidation sites excluding steroid dienone is 4. The molecule has 2 aromatic carbocycles. The van der Waals surface area contributed by atoms with Gasteiger partial charge < -0.3 is 14.2 Å². The molecule has 0 aromatic heterocycles. The van der Waals surface area contributed by atoms with Gasteiger partial charge in [0.2, 0.25) is 0 Å². The molecular weight excluding hydrogens is 460 g/mol. The van der Waals surface area contributed by atoms with E-state index in [4.69, 9.17) is 14.2 Å². The molecule has 2 heterocycles. The highest BCUT2D eigenvalue weighted by molar-refractivity contribution is 8.07. The van der Waals surface area contributed by atoms with E-state index in [0.717, 1.165) is 38.3 Å². The largest absolute Gasteiger partial charge is 0.497 e. The summed E-state index contributed by atoms with van der Waals surface area (Å²) < 4.78 is 15.9. The van der Waals surface area contributed by atoms with E-state index >= 15 is 0 Å². The van der Waals surface area contributed by atoms with Gasteiger partial charge in [-0.1, -0.05) is 42.1 Å². The van der Waals surface area contributed by atoms with Crippen molar-refractivity contribution in [3.63, 3.8) is 0 Å². The first kappa shape index (κ1) is 24.2. The van der Waals surface area contributed by atoms with Crippen LogP contribution in [0.1, 0.15) is 30.9 Å². The Labute approximate surface area is 209 Å². The Hall–Kier alpha value is -3.89. The highest BCUT2D eigenvalue weighted by Gasteiger charge is 2.40. The number of hydrogen-bond donors (Lipinski definition) is 0. The van der Waals surface area contributed by atoms with E-state index in [9.17, 15) is 10.1 Å². The number of ether oxygens (including phenoxy) is 3. The maximum Gasteiger partial charge on any atom is 0.356 e. The van der Waals surface area contributed by atoms with Crippen molar-refractivity contribution in [2.45, 2.75) is 19.8 Å². The van der Waals surface area contributed by atoms with Crippen LogP contribution in [0.3, 0.4) is 0 Å². The molecule has 2 aromatic rings. The van der Waals surface area contributed by atoms with E-state index in [1.54, 1.807) is 21.1 Å². The van der Waals surface area contributed by atoms with Crippen molar-refractivity contribution in [1.29, 1.82) is 5.26 Å².